The van der Waals surface area contributed by atoms with Crippen molar-refractivity contribution in [2.24, 2.45) is 0 Å². The fourth-order valence-corrected chi connectivity index (χ4v) is 1.12. The van der Waals surface area contributed by atoms with Gasteiger partial charge in [0.2, 0.25) is 0 Å². The Hall–Kier alpha value is -2.04. The van der Waals surface area contributed by atoms with Gasteiger partial charge in [-0.2, -0.15) is 0 Å². The largest absolute Gasteiger partial charge is 0.296 e. The molecule has 0 saturated carbocycles. The maximum absolute atomic E-state index is 10.3. The molecule has 0 atom stereocenters. The Morgan fingerprint density at radius 1 is 1.36 bits per heavy atom. The van der Waals surface area contributed by atoms with E-state index in [4.69, 9.17) is 0 Å². The van der Waals surface area contributed by atoms with Crippen LogP contribution in [0.2, 0.25) is 0 Å². The molecule has 0 radical (unpaired) electrons. The summed E-state index contributed by atoms with van der Waals surface area (Å²) in [6.45, 7) is 0.601. The van der Waals surface area contributed by atoms with E-state index in [1.165, 1.54) is 0 Å². The first-order chi connectivity index (χ1) is 6.88. The van der Waals surface area contributed by atoms with Crippen molar-refractivity contribution in [3.63, 3.8) is 0 Å². The van der Waals surface area contributed by atoms with Gasteiger partial charge in [-0.05, 0) is 17.7 Å². The van der Waals surface area contributed by atoms with E-state index in [2.05, 4.69) is 15.3 Å². The van der Waals surface area contributed by atoms with Crippen LogP contribution in [0.4, 0.5) is 0 Å². The van der Waals surface area contributed by atoms with Gasteiger partial charge in [0.25, 0.3) is 0 Å². The van der Waals surface area contributed by atoms with Crippen LogP contribution in [0.3, 0.4) is 0 Å². The fraction of sp³-hybridized carbons (Fsp3) is 0.111. The van der Waals surface area contributed by atoms with E-state index >= 15 is 0 Å². The van der Waals surface area contributed by atoms with Crippen LogP contribution in [0.25, 0.3) is 0 Å². The zero-order valence-electron chi connectivity index (χ0n) is 7.37. The van der Waals surface area contributed by atoms with E-state index in [0.29, 0.717) is 18.5 Å². The minimum absolute atomic E-state index is 0.346. The van der Waals surface area contributed by atoms with Gasteiger partial charge >= 0.3 is 0 Å². The molecule has 2 aromatic heterocycles. The summed E-state index contributed by atoms with van der Waals surface area (Å²) in [6, 6.07) is 3.78. The Labute approximate surface area is 80.4 Å². The van der Waals surface area contributed by atoms with Gasteiger partial charge in [0.15, 0.2) is 6.29 Å². The Morgan fingerprint density at radius 3 is 2.79 bits per heavy atom. The summed E-state index contributed by atoms with van der Waals surface area (Å²) >= 11 is 0. The van der Waals surface area contributed by atoms with Crippen LogP contribution in [0, 0.1) is 0 Å². The summed E-state index contributed by atoms with van der Waals surface area (Å²) < 4.78 is 1.61. The third-order valence-corrected chi connectivity index (χ3v) is 1.77. The third-order valence-electron chi connectivity index (χ3n) is 1.77. The number of pyridine rings is 1. The zero-order valence-corrected chi connectivity index (χ0v) is 7.37. The lowest BCUT2D eigenvalue weighted by Gasteiger charge is -1.98. The Balaban J connectivity index is 2.15. The van der Waals surface area contributed by atoms with Crippen molar-refractivity contribution < 1.29 is 4.79 Å². The van der Waals surface area contributed by atoms with Crippen molar-refractivity contribution in [1.29, 1.82) is 0 Å². The number of aldehydes is 1. The number of aromatic nitrogens is 4. The summed E-state index contributed by atoms with van der Waals surface area (Å²) in [6.07, 6.45) is 5.71. The molecular formula is C9H8N4O. The maximum Gasteiger partial charge on any atom is 0.171 e. The molecule has 0 amide bonds. The highest BCUT2D eigenvalue weighted by atomic mass is 16.1. The Kier molecular flexibility index (Phi) is 2.31. The Morgan fingerprint density at radius 2 is 2.14 bits per heavy atom. The molecule has 14 heavy (non-hydrogen) atoms. The van der Waals surface area contributed by atoms with E-state index < -0.39 is 0 Å². The van der Waals surface area contributed by atoms with E-state index in [1.807, 2.05) is 12.1 Å². The summed E-state index contributed by atoms with van der Waals surface area (Å²) in [4.78, 5) is 14.3. The molecule has 0 unspecified atom stereocenters. The molecule has 2 aromatic rings. The van der Waals surface area contributed by atoms with Gasteiger partial charge in [0.1, 0.15) is 5.69 Å². The van der Waals surface area contributed by atoms with Crippen LogP contribution in [0.1, 0.15) is 16.1 Å². The van der Waals surface area contributed by atoms with E-state index in [0.717, 1.165) is 5.56 Å². The second-order valence-corrected chi connectivity index (χ2v) is 2.81. The molecule has 2 rings (SSSR count). The van der Waals surface area contributed by atoms with E-state index in [1.54, 1.807) is 23.3 Å². The first kappa shape index (κ1) is 8.55. The molecule has 0 bridgehead atoms. The van der Waals surface area contributed by atoms with Gasteiger partial charge in [-0.25, -0.2) is 4.68 Å². The predicted octanol–water partition coefficient (Wildman–Crippen LogP) is 0.534. The second kappa shape index (κ2) is 3.78. The van der Waals surface area contributed by atoms with Gasteiger partial charge < -0.3 is 0 Å². The monoisotopic (exact) mass is 188 g/mol. The molecule has 5 heteroatoms. The van der Waals surface area contributed by atoms with Gasteiger partial charge in [-0.15, -0.1) is 5.10 Å². The summed E-state index contributed by atoms with van der Waals surface area (Å²) in [5.74, 6) is 0. The normalized spacial score (nSPS) is 10.0. The lowest BCUT2D eigenvalue weighted by Crippen LogP contribution is -2.00. The molecule has 0 aliphatic heterocycles. The van der Waals surface area contributed by atoms with Crippen LogP contribution < -0.4 is 0 Å². The molecule has 2 heterocycles. The highest BCUT2D eigenvalue weighted by Crippen LogP contribution is 1.99. The van der Waals surface area contributed by atoms with Crippen molar-refractivity contribution in [3.05, 3.63) is 42.0 Å². The highest BCUT2D eigenvalue weighted by Gasteiger charge is 1.99. The Bertz CT molecular complexity index is 423. The number of hydrogen-bond acceptors (Lipinski definition) is 4. The van der Waals surface area contributed by atoms with Crippen molar-refractivity contribution in [3.8, 4) is 0 Å². The van der Waals surface area contributed by atoms with Crippen molar-refractivity contribution in [1.82, 2.24) is 20.0 Å². The second-order valence-electron chi connectivity index (χ2n) is 2.81. The lowest BCUT2D eigenvalue weighted by atomic mass is 10.3. The van der Waals surface area contributed by atoms with E-state index in [-0.39, 0.29) is 0 Å². The average Bonchev–Trinajstić information content (AvgIpc) is 2.67. The van der Waals surface area contributed by atoms with Crippen LogP contribution in [-0.2, 0) is 6.54 Å². The molecule has 0 aromatic carbocycles. The van der Waals surface area contributed by atoms with Gasteiger partial charge in [0.05, 0.1) is 12.7 Å². The predicted molar refractivity (Wildman–Crippen MR) is 48.7 cm³/mol. The summed E-state index contributed by atoms with van der Waals surface area (Å²) in [7, 11) is 0. The molecule has 0 fully saturated rings. The molecule has 70 valence electrons. The fourth-order valence-electron chi connectivity index (χ4n) is 1.12. The minimum atomic E-state index is 0.346. The quantitative estimate of drug-likeness (QED) is 0.659. The zero-order chi connectivity index (χ0) is 9.80. The number of hydrogen-bond donors (Lipinski definition) is 0. The van der Waals surface area contributed by atoms with Crippen molar-refractivity contribution in [2.45, 2.75) is 6.54 Å². The first-order valence-corrected chi connectivity index (χ1v) is 4.13. The molecular weight excluding hydrogens is 180 g/mol. The smallest absolute Gasteiger partial charge is 0.171 e. The average molecular weight is 188 g/mol. The minimum Gasteiger partial charge on any atom is -0.296 e. The van der Waals surface area contributed by atoms with Gasteiger partial charge in [-0.3, -0.25) is 9.78 Å². The number of rotatable bonds is 3. The lowest BCUT2D eigenvalue weighted by molar-refractivity contribution is 0.111. The summed E-state index contributed by atoms with van der Waals surface area (Å²) in [5.41, 5.74) is 1.42. The number of carbonyl (C=O) groups excluding carboxylic acids is 1. The first-order valence-electron chi connectivity index (χ1n) is 4.13. The van der Waals surface area contributed by atoms with Gasteiger partial charge in [0, 0.05) is 12.4 Å². The molecule has 0 saturated heterocycles. The molecule has 0 aliphatic carbocycles. The van der Waals surface area contributed by atoms with Crippen molar-refractivity contribution >= 4 is 6.29 Å². The molecule has 5 nitrogen and oxygen atoms in total. The maximum atomic E-state index is 10.3. The van der Waals surface area contributed by atoms with Crippen LogP contribution in [0.15, 0.2) is 30.7 Å². The highest BCUT2D eigenvalue weighted by molar-refractivity contribution is 5.70. The van der Waals surface area contributed by atoms with Crippen LogP contribution in [0.5, 0.6) is 0 Å². The topological polar surface area (TPSA) is 60.7 Å². The molecule has 0 spiro atoms. The standard InChI is InChI=1S/C9H8N4O/c14-7-9-6-13(12-11-9)5-8-1-3-10-4-2-8/h1-4,6-7H,5H2. The van der Waals surface area contributed by atoms with E-state index in [9.17, 15) is 4.79 Å². The van der Waals surface area contributed by atoms with Gasteiger partial charge in [-0.1, -0.05) is 5.21 Å². The van der Waals surface area contributed by atoms with Crippen LogP contribution >= 0.6 is 0 Å². The third kappa shape index (κ3) is 1.82. The number of nitrogens with zero attached hydrogens (tertiary/aromatic N) is 4. The number of carbonyl (C=O) groups is 1. The summed E-state index contributed by atoms with van der Waals surface area (Å²) in [5, 5.41) is 7.46. The SMILES string of the molecule is O=Cc1cn(Cc2ccncc2)nn1. The molecule has 0 N–H and O–H groups in total. The molecule has 0 aliphatic rings. The van der Waals surface area contributed by atoms with Crippen LogP contribution in [-0.4, -0.2) is 26.3 Å². The van der Waals surface area contributed by atoms with Crippen molar-refractivity contribution in [2.75, 3.05) is 0 Å².